The molecule has 0 aliphatic heterocycles. The second-order valence-corrected chi connectivity index (χ2v) is 9.26. The Balaban J connectivity index is 1.18. The lowest BCUT2D eigenvalue weighted by Gasteiger charge is -2.10. The average molecular weight is 526 g/mol. The lowest BCUT2D eigenvalue weighted by molar-refractivity contribution is 0.262. The van der Waals surface area contributed by atoms with Crippen molar-refractivity contribution in [2.75, 3.05) is 22.5 Å². The number of urea groups is 1. The number of carbonyl (C=O) groups is 1. The van der Waals surface area contributed by atoms with Crippen molar-refractivity contribution in [3.05, 3.63) is 127 Å². The summed E-state index contributed by atoms with van der Waals surface area (Å²) in [7, 11) is 0. The van der Waals surface area contributed by atoms with Crippen molar-refractivity contribution in [1.82, 2.24) is 9.97 Å². The number of aromatic nitrogens is 2. The molecule has 3 N–H and O–H groups in total. The number of nitrogens with zero attached hydrogens (tertiary/aromatic N) is 2. The van der Waals surface area contributed by atoms with E-state index in [0.29, 0.717) is 12.3 Å². The molecule has 4 aromatic carbocycles. The molecule has 0 unspecified atom stereocenters. The number of nitrogens with one attached hydrogen (secondary N) is 3. The summed E-state index contributed by atoms with van der Waals surface area (Å²) in [6, 6.07) is 37.1. The first kappa shape index (κ1) is 24.9. The Bertz CT molecular complexity index is 1720. The highest BCUT2D eigenvalue weighted by molar-refractivity contribution is 6.05. The van der Waals surface area contributed by atoms with Crippen molar-refractivity contribution in [1.29, 1.82) is 0 Å². The first-order valence-corrected chi connectivity index (χ1v) is 13.1. The number of amides is 2. The number of hydrogen-bond donors (Lipinski definition) is 3. The van der Waals surface area contributed by atoms with Gasteiger partial charge in [0.15, 0.2) is 0 Å². The van der Waals surface area contributed by atoms with E-state index < -0.39 is 0 Å². The van der Waals surface area contributed by atoms with Gasteiger partial charge in [-0.2, -0.15) is 0 Å². The third-order valence-electron chi connectivity index (χ3n) is 6.54. The van der Waals surface area contributed by atoms with Crippen LogP contribution in [0, 0.1) is 0 Å². The fraction of sp³-hybridized carbons (Fsp3) is 0.0606. The zero-order chi connectivity index (χ0) is 27.1. The summed E-state index contributed by atoms with van der Waals surface area (Å²) in [5.74, 6) is 1.50. The monoisotopic (exact) mass is 525 g/mol. The van der Waals surface area contributed by atoms with Crippen LogP contribution < -0.4 is 16.0 Å². The number of hydrogen-bond acceptors (Lipinski definition) is 5. The minimum absolute atomic E-state index is 0.280. The molecule has 0 fully saturated rings. The Morgan fingerprint density at radius 2 is 1.27 bits per heavy atom. The van der Waals surface area contributed by atoms with Crippen LogP contribution >= 0.6 is 0 Å². The molecule has 0 bridgehead atoms. The van der Waals surface area contributed by atoms with Crippen LogP contribution in [0.1, 0.15) is 5.56 Å². The molecule has 6 rings (SSSR count). The first-order valence-electron chi connectivity index (χ1n) is 13.1. The third-order valence-corrected chi connectivity index (χ3v) is 6.54. The first-order chi connectivity index (χ1) is 19.7. The molecule has 0 saturated heterocycles. The molecular weight excluding hydrogens is 498 g/mol. The molecule has 7 heteroatoms. The molecular formula is C33H27N5O2. The molecule has 0 spiro atoms. The van der Waals surface area contributed by atoms with Gasteiger partial charge in [0.1, 0.15) is 17.9 Å². The molecule has 0 saturated carbocycles. The SMILES string of the molecule is O=C(Nc1ccccc1)Nc1ccc(CCNc2ncnc3oc(-c4ccccc4)c(-c4ccccc4)c23)cc1. The Morgan fingerprint density at radius 1 is 0.675 bits per heavy atom. The Kier molecular flexibility index (Phi) is 7.17. The number of benzene rings is 4. The predicted molar refractivity (Wildman–Crippen MR) is 160 cm³/mol. The van der Waals surface area contributed by atoms with Crippen LogP contribution in [0.25, 0.3) is 33.6 Å². The summed E-state index contributed by atoms with van der Waals surface area (Å²) in [5.41, 5.74) is 6.13. The third kappa shape index (κ3) is 5.54. The van der Waals surface area contributed by atoms with Crippen molar-refractivity contribution in [2.24, 2.45) is 0 Å². The molecule has 2 amide bonds. The van der Waals surface area contributed by atoms with Crippen LogP contribution in [-0.2, 0) is 6.42 Å². The molecule has 2 aromatic heterocycles. The zero-order valence-electron chi connectivity index (χ0n) is 21.7. The zero-order valence-corrected chi connectivity index (χ0v) is 21.7. The average Bonchev–Trinajstić information content (AvgIpc) is 3.40. The highest BCUT2D eigenvalue weighted by atomic mass is 16.3. The van der Waals surface area contributed by atoms with Crippen LogP contribution in [0.5, 0.6) is 0 Å². The second kappa shape index (κ2) is 11.5. The van der Waals surface area contributed by atoms with Crippen LogP contribution in [0.2, 0.25) is 0 Å². The van der Waals surface area contributed by atoms with Crippen molar-refractivity contribution in [3.8, 4) is 22.5 Å². The predicted octanol–water partition coefficient (Wildman–Crippen LogP) is 7.86. The standard InChI is InChI=1S/C33H27N5O2/c39-33(37-26-14-8-3-9-15-26)38-27-18-16-23(17-19-27)20-21-34-31-29-28(24-10-4-1-5-11-24)30(25-12-6-2-7-13-25)40-32(29)36-22-35-31/h1-19,22H,20-21H2,(H,34,35,36)(H2,37,38,39). The number of carbonyl (C=O) groups excluding carboxylic acids is 1. The number of anilines is 3. The molecule has 196 valence electrons. The van der Waals surface area contributed by atoms with Crippen molar-refractivity contribution < 1.29 is 9.21 Å². The fourth-order valence-electron chi connectivity index (χ4n) is 4.64. The van der Waals surface area contributed by atoms with Gasteiger partial charge in [-0.3, -0.25) is 0 Å². The molecule has 0 radical (unpaired) electrons. The normalized spacial score (nSPS) is 10.8. The quantitative estimate of drug-likeness (QED) is 0.188. The number of rotatable bonds is 8. The number of fused-ring (bicyclic) bond motifs is 1. The maximum absolute atomic E-state index is 12.3. The van der Waals surface area contributed by atoms with E-state index >= 15 is 0 Å². The topological polar surface area (TPSA) is 92.1 Å². The second-order valence-electron chi connectivity index (χ2n) is 9.26. The van der Waals surface area contributed by atoms with E-state index in [4.69, 9.17) is 4.42 Å². The fourth-order valence-corrected chi connectivity index (χ4v) is 4.64. The van der Waals surface area contributed by atoms with Crippen molar-refractivity contribution >= 4 is 34.3 Å². The number of para-hydroxylation sites is 1. The van der Waals surface area contributed by atoms with Crippen LogP contribution in [0.15, 0.2) is 126 Å². The molecule has 7 nitrogen and oxygen atoms in total. The summed E-state index contributed by atoms with van der Waals surface area (Å²) in [5, 5.41) is 10.0. The highest BCUT2D eigenvalue weighted by Gasteiger charge is 2.21. The summed E-state index contributed by atoms with van der Waals surface area (Å²) in [4.78, 5) is 21.3. The minimum atomic E-state index is -0.280. The largest absolute Gasteiger partial charge is 0.437 e. The smallest absolute Gasteiger partial charge is 0.323 e. The molecule has 0 aliphatic rings. The lowest BCUT2D eigenvalue weighted by atomic mass is 9.99. The van der Waals surface area contributed by atoms with Crippen molar-refractivity contribution in [3.63, 3.8) is 0 Å². The van der Waals surface area contributed by atoms with Gasteiger partial charge in [0.25, 0.3) is 0 Å². The van der Waals surface area contributed by atoms with E-state index in [-0.39, 0.29) is 6.03 Å². The van der Waals surface area contributed by atoms with Gasteiger partial charge in [0.2, 0.25) is 5.71 Å². The van der Waals surface area contributed by atoms with Crippen LogP contribution in [0.4, 0.5) is 22.0 Å². The van der Waals surface area contributed by atoms with Crippen LogP contribution in [0.3, 0.4) is 0 Å². The Hall–Kier alpha value is -5.43. The summed E-state index contributed by atoms with van der Waals surface area (Å²) in [6.07, 6.45) is 2.30. The summed E-state index contributed by atoms with van der Waals surface area (Å²) in [6.45, 7) is 0.660. The van der Waals surface area contributed by atoms with Gasteiger partial charge >= 0.3 is 6.03 Å². The van der Waals surface area contributed by atoms with E-state index in [1.807, 2.05) is 103 Å². The Labute approximate surface area is 231 Å². The molecule has 0 aliphatic carbocycles. The molecule has 2 heterocycles. The van der Waals surface area contributed by atoms with Crippen LogP contribution in [-0.4, -0.2) is 22.5 Å². The van der Waals surface area contributed by atoms with E-state index in [1.54, 1.807) is 0 Å². The van der Waals surface area contributed by atoms with E-state index in [1.165, 1.54) is 6.33 Å². The lowest BCUT2D eigenvalue weighted by Crippen LogP contribution is -2.19. The van der Waals surface area contributed by atoms with Crippen molar-refractivity contribution in [2.45, 2.75) is 6.42 Å². The van der Waals surface area contributed by atoms with Gasteiger partial charge in [0, 0.05) is 29.0 Å². The molecule has 40 heavy (non-hydrogen) atoms. The summed E-state index contributed by atoms with van der Waals surface area (Å²) < 4.78 is 6.30. The van der Waals surface area contributed by atoms with E-state index in [2.05, 4.69) is 38.1 Å². The molecule has 6 aromatic rings. The molecule has 0 atom stereocenters. The van der Waals surface area contributed by atoms with Gasteiger partial charge < -0.3 is 20.4 Å². The maximum Gasteiger partial charge on any atom is 0.323 e. The number of furan rings is 1. The highest BCUT2D eigenvalue weighted by Crippen LogP contribution is 2.42. The van der Waals surface area contributed by atoms with Gasteiger partial charge in [-0.1, -0.05) is 91.0 Å². The summed E-state index contributed by atoms with van der Waals surface area (Å²) >= 11 is 0. The van der Waals surface area contributed by atoms with E-state index in [0.717, 1.165) is 57.0 Å². The van der Waals surface area contributed by atoms with Gasteiger partial charge in [-0.15, -0.1) is 0 Å². The van der Waals surface area contributed by atoms with Gasteiger partial charge in [-0.25, -0.2) is 14.8 Å². The maximum atomic E-state index is 12.3. The minimum Gasteiger partial charge on any atom is -0.437 e. The van der Waals surface area contributed by atoms with E-state index in [9.17, 15) is 4.79 Å². The van der Waals surface area contributed by atoms with Gasteiger partial charge in [0.05, 0.1) is 5.39 Å². The van der Waals surface area contributed by atoms with Gasteiger partial charge in [-0.05, 0) is 41.8 Å². The Morgan fingerprint density at radius 3 is 1.95 bits per heavy atom.